The van der Waals surface area contributed by atoms with Crippen LogP contribution in [0.25, 0.3) is 21.9 Å². The number of hydrogen-bond acceptors (Lipinski definition) is 4. The Morgan fingerprint density at radius 1 is 0.885 bits per heavy atom. The molecule has 5 heteroatoms. The summed E-state index contributed by atoms with van der Waals surface area (Å²) < 4.78 is 0. The number of carbonyl (C=O) groups is 2. The standard InChI is InChI=1S/C21H16N2O3/c24-15-7-12-3-1-2-4-16(12)18(9-15)13-5-6-17-19(8-13)21(26)23(20(17)25)14-10-22-11-14/h1-9,14,22,24H,10-11H2. The molecule has 5 nitrogen and oxygen atoms in total. The van der Waals surface area contributed by atoms with E-state index < -0.39 is 0 Å². The van der Waals surface area contributed by atoms with E-state index >= 15 is 0 Å². The number of aromatic hydroxyl groups is 1. The minimum absolute atomic E-state index is 0.0625. The number of fused-ring (bicyclic) bond motifs is 2. The molecule has 0 saturated carbocycles. The maximum atomic E-state index is 12.8. The van der Waals surface area contributed by atoms with Gasteiger partial charge in [0.25, 0.3) is 11.8 Å². The molecule has 5 rings (SSSR count). The van der Waals surface area contributed by atoms with E-state index in [1.165, 1.54) is 4.90 Å². The van der Waals surface area contributed by atoms with Gasteiger partial charge in [-0.2, -0.15) is 0 Å². The number of hydrogen-bond donors (Lipinski definition) is 2. The average molecular weight is 344 g/mol. The molecule has 0 atom stereocenters. The van der Waals surface area contributed by atoms with Crippen molar-refractivity contribution in [3.05, 3.63) is 65.7 Å². The van der Waals surface area contributed by atoms with Gasteiger partial charge in [-0.3, -0.25) is 14.5 Å². The quantitative estimate of drug-likeness (QED) is 0.702. The number of amides is 2. The molecule has 1 fully saturated rings. The minimum atomic E-state index is -0.234. The maximum absolute atomic E-state index is 12.8. The van der Waals surface area contributed by atoms with Crippen LogP contribution >= 0.6 is 0 Å². The van der Waals surface area contributed by atoms with Crippen LogP contribution in [-0.4, -0.2) is 41.0 Å². The van der Waals surface area contributed by atoms with Crippen molar-refractivity contribution in [2.75, 3.05) is 13.1 Å². The Bertz CT molecular complexity index is 1090. The molecule has 128 valence electrons. The van der Waals surface area contributed by atoms with Crippen molar-refractivity contribution >= 4 is 22.6 Å². The first-order valence-corrected chi connectivity index (χ1v) is 8.58. The Kier molecular flexibility index (Phi) is 3.14. The van der Waals surface area contributed by atoms with Gasteiger partial charge in [-0.15, -0.1) is 0 Å². The van der Waals surface area contributed by atoms with Crippen LogP contribution in [0.2, 0.25) is 0 Å². The largest absolute Gasteiger partial charge is 0.508 e. The molecule has 3 aromatic carbocycles. The third-order valence-corrected chi connectivity index (χ3v) is 5.20. The van der Waals surface area contributed by atoms with Crippen molar-refractivity contribution < 1.29 is 14.7 Å². The highest BCUT2D eigenvalue weighted by molar-refractivity contribution is 6.22. The van der Waals surface area contributed by atoms with Gasteiger partial charge in [-0.05, 0) is 46.2 Å². The average Bonchev–Trinajstić information content (AvgIpc) is 2.84. The second-order valence-electron chi connectivity index (χ2n) is 6.77. The molecule has 1 saturated heterocycles. The Hall–Kier alpha value is -3.18. The molecule has 26 heavy (non-hydrogen) atoms. The molecule has 3 aromatic rings. The van der Waals surface area contributed by atoms with Crippen molar-refractivity contribution in [3.8, 4) is 16.9 Å². The lowest BCUT2D eigenvalue weighted by Crippen LogP contribution is -2.58. The smallest absolute Gasteiger partial charge is 0.261 e. The second-order valence-corrected chi connectivity index (χ2v) is 6.77. The zero-order chi connectivity index (χ0) is 17.8. The fourth-order valence-electron chi connectivity index (χ4n) is 3.75. The summed E-state index contributed by atoms with van der Waals surface area (Å²) in [7, 11) is 0. The third kappa shape index (κ3) is 2.07. The summed E-state index contributed by atoms with van der Waals surface area (Å²) in [4.78, 5) is 26.7. The number of imide groups is 1. The van der Waals surface area contributed by atoms with Gasteiger partial charge in [0.15, 0.2) is 0 Å². The lowest BCUT2D eigenvalue weighted by atomic mass is 9.95. The Morgan fingerprint density at radius 3 is 2.42 bits per heavy atom. The van der Waals surface area contributed by atoms with Gasteiger partial charge < -0.3 is 10.4 Å². The van der Waals surface area contributed by atoms with Crippen LogP contribution in [-0.2, 0) is 0 Å². The highest BCUT2D eigenvalue weighted by Gasteiger charge is 2.42. The summed E-state index contributed by atoms with van der Waals surface area (Å²) in [6, 6.07) is 16.4. The monoisotopic (exact) mass is 344 g/mol. The van der Waals surface area contributed by atoms with E-state index in [0.29, 0.717) is 24.2 Å². The summed E-state index contributed by atoms with van der Waals surface area (Å²) in [6.45, 7) is 1.30. The predicted octanol–water partition coefficient (Wildman–Crippen LogP) is 2.78. The van der Waals surface area contributed by atoms with Gasteiger partial charge in [0.1, 0.15) is 5.75 Å². The van der Waals surface area contributed by atoms with Crippen LogP contribution in [0.5, 0.6) is 5.75 Å². The van der Waals surface area contributed by atoms with Gasteiger partial charge in [0, 0.05) is 13.1 Å². The third-order valence-electron chi connectivity index (χ3n) is 5.20. The molecule has 2 N–H and O–H groups in total. The number of phenols is 1. The second kappa shape index (κ2) is 5.41. The molecule has 0 unspecified atom stereocenters. The zero-order valence-electron chi connectivity index (χ0n) is 13.9. The molecule has 2 aliphatic rings. The Morgan fingerprint density at radius 2 is 1.65 bits per heavy atom. The zero-order valence-corrected chi connectivity index (χ0v) is 13.9. The van der Waals surface area contributed by atoms with Crippen LogP contribution in [0.15, 0.2) is 54.6 Å². The normalized spacial score (nSPS) is 16.8. The highest BCUT2D eigenvalue weighted by Crippen LogP contribution is 2.35. The maximum Gasteiger partial charge on any atom is 0.261 e. The molecule has 2 aliphatic heterocycles. The van der Waals surface area contributed by atoms with E-state index in [9.17, 15) is 14.7 Å². The molecule has 2 heterocycles. The molecule has 0 spiro atoms. The summed E-state index contributed by atoms with van der Waals surface area (Å²) in [6.07, 6.45) is 0. The number of nitrogens with one attached hydrogen (secondary N) is 1. The summed E-state index contributed by atoms with van der Waals surface area (Å²) in [5.41, 5.74) is 2.54. The first kappa shape index (κ1) is 15.1. The van der Waals surface area contributed by atoms with Crippen LogP contribution < -0.4 is 5.32 Å². The fraction of sp³-hybridized carbons (Fsp3) is 0.143. The van der Waals surface area contributed by atoms with Gasteiger partial charge in [0.2, 0.25) is 0 Å². The lowest BCUT2D eigenvalue weighted by Gasteiger charge is -2.33. The highest BCUT2D eigenvalue weighted by atomic mass is 16.3. The van der Waals surface area contributed by atoms with Crippen LogP contribution in [0.3, 0.4) is 0 Å². The van der Waals surface area contributed by atoms with Gasteiger partial charge in [0.05, 0.1) is 17.2 Å². The van der Waals surface area contributed by atoms with Crippen molar-refractivity contribution in [3.63, 3.8) is 0 Å². The van der Waals surface area contributed by atoms with E-state index in [0.717, 1.165) is 21.9 Å². The van der Waals surface area contributed by atoms with E-state index in [1.54, 1.807) is 24.3 Å². The molecule has 2 amide bonds. The summed E-state index contributed by atoms with van der Waals surface area (Å²) in [5, 5.41) is 15.1. The number of rotatable bonds is 2. The summed E-state index contributed by atoms with van der Waals surface area (Å²) in [5.74, 6) is -0.282. The Labute approximate surface area is 149 Å². The van der Waals surface area contributed by atoms with E-state index in [2.05, 4.69) is 5.32 Å². The predicted molar refractivity (Wildman–Crippen MR) is 98.2 cm³/mol. The van der Waals surface area contributed by atoms with E-state index in [1.807, 2.05) is 30.3 Å². The first-order chi connectivity index (χ1) is 12.6. The van der Waals surface area contributed by atoms with Gasteiger partial charge >= 0.3 is 0 Å². The first-order valence-electron chi connectivity index (χ1n) is 8.58. The van der Waals surface area contributed by atoms with Gasteiger partial charge in [-0.1, -0.05) is 30.3 Å². The van der Waals surface area contributed by atoms with Crippen LogP contribution in [0.4, 0.5) is 0 Å². The van der Waals surface area contributed by atoms with Crippen molar-refractivity contribution in [2.24, 2.45) is 0 Å². The lowest BCUT2D eigenvalue weighted by molar-refractivity contribution is 0.0534. The SMILES string of the molecule is O=C1c2ccc(-c3cc(O)cc4ccccc34)cc2C(=O)N1C1CNC1. The number of carbonyl (C=O) groups excluding carboxylic acids is 2. The minimum Gasteiger partial charge on any atom is -0.508 e. The van der Waals surface area contributed by atoms with Gasteiger partial charge in [-0.25, -0.2) is 0 Å². The molecule has 0 aromatic heterocycles. The topological polar surface area (TPSA) is 69.6 Å². The fourth-order valence-corrected chi connectivity index (χ4v) is 3.75. The van der Waals surface area contributed by atoms with Crippen molar-refractivity contribution in [1.82, 2.24) is 10.2 Å². The molecular weight excluding hydrogens is 328 g/mol. The number of benzene rings is 3. The molecule has 0 aliphatic carbocycles. The number of nitrogens with zero attached hydrogens (tertiary/aromatic N) is 1. The van der Waals surface area contributed by atoms with Crippen molar-refractivity contribution in [2.45, 2.75) is 6.04 Å². The summed E-state index contributed by atoms with van der Waals surface area (Å²) >= 11 is 0. The van der Waals surface area contributed by atoms with Crippen LogP contribution in [0, 0.1) is 0 Å². The Balaban J connectivity index is 1.65. The van der Waals surface area contributed by atoms with Crippen LogP contribution in [0.1, 0.15) is 20.7 Å². The van der Waals surface area contributed by atoms with Crippen molar-refractivity contribution in [1.29, 1.82) is 0 Å². The van der Waals surface area contributed by atoms with E-state index in [-0.39, 0.29) is 23.6 Å². The van der Waals surface area contributed by atoms with E-state index in [4.69, 9.17) is 0 Å². The molecular formula is C21H16N2O3. The molecule has 0 radical (unpaired) electrons. The molecule has 0 bridgehead atoms. The number of phenolic OH excluding ortho intramolecular Hbond substituents is 1.